The number of amides is 2. The highest BCUT2D eigenvalue weighted by atomic mass is 16.5. The Hall–Kier alpha value is -1.88. The van der Waals surface area contributed by atoms with Crippen LogP contribution in [0.2, 0.25) is 0 Å². The lowest BCUT2D eigenvalue weighted by Crippen LogP contribution is -2.42. The van der Waals surface area contributed by atoms with Crippen LogP contribution in [0.25, 0.3) is 0 Å². The lowest BCUT2D eigenvalue weighted by molar-refractivity contribution is -0.139. The van der Waals surface area contributed by atoms with Crippen LogP contribution < -0.4 is 10.6 Å². The third kappa shape index (κ3) is 5.52. The lowest BCUT2D eigenvalue weighted by atomic mass is 10.0. The second kappa shape index (κ2) is 8.26. The normalized spacial score (nSPS) is 11.7. The van der Waals surface area contributed by atoms with E-state index in [-0.39, 0.29) is 5.92 Å². The van der Waals surface area contributed by atoms with E-state index >= 15 is 0 Å². The van der Waals surface area contributed by atoms with Crippen molar-refractivity contribution in [2.45, 2.75) is 12.8 Å². The van der Waals surface area contributed by atoms with E-state index in [4.69, 9.17) is 4.74 Å². The Morgan fingerprint density at radius 2 is 1.79 bits per heavy atom. The molecule has 0 saturated heterocycles. The molecule has 5 nitrogen and oxygen atoms in total. The fraction of sp³-hybridized carbons (Fsp3) is 0.429. The van der Waals surface area contributed by atoms with Crippen LogP contribution in [0.5, 0.6) is 0 Å². The average Bonchev–Trinajstić information content (AvgIpc) is 2.45. The molecule has 1 aromatic carbocycles. The van der Waals surface area contributed by atoms with Gasteiger partial charge in [-0.25, -0.2) is 0 Å². The second-order valence-corrected chi connectivity index (χ2v) is 4.27. The molecule has 0 radical (unpaired) electrons. The van der Waals surface area contributed by atoms with Gasteiger partial charge in [0.05, 0.1) is 6.61 Å². The molecule has 104 valence electrons. The number of carbonyl (C=O) groups excluding carboxylic acids is 2. The fourth-order valence-corrected chi connectivity index (χ4v) is 1.57. The number of hydrogen-bond acceptors (Lipinski definition) is 3. The summed E-state index contributed by atoms with van der Waals surface area (Å²) in [4.78, 5) is 22.9. The molecule has 0 bridgehead atoms. The van der Waals surface area contributed by atoms with E-state index in [0.717, 1.165) is 5.56 Å². The molecular weight excluding hydrogens is 244 g/mol. The topological polar surface area (TPSA) is 67.4 Å². The molecule has 0 unspecified atom stereocenters. The lowest BCUT2D eigenvalue weighted by Gasteiger charge is -2.12. The summed E-state index contributed by atoms with van der Waals surface area (Å²) in [6.45, 7) is 3.15. The van der Waals surface area contributed by atoms with Crippen molar-refractivity contribution in [1.82, 2.24) is 10.6 Å². The predicted molar refractivity (Wildman–Crippen MR) is 72.8 cm³/mol. The molecule has 19 heavy (non-hydrogen) atoms. The molecule has 2 amide bonds. The summed E-state index contributed by atoms with van der Waals surface area (Å²) in [5.41, 5.74) is 1.13. The molecule has 1 rings (SSSR count). The molecular formula is C14H20N2O3. The summed E-state index contributed by atoms with van der Waals surface area (Å²) in [7, 11) is 1.54. The minimum Gasteiger partial charge on any atom is -0.383 e. The Morgan fingerprint density at radius 3 is 2.42 bits per heavy atom. The van der Waals surface area contributed by atoms with Gasteiger partial charge in [0, 0.05) is 20.2 Å². The predicted octanol–water partition coefficient (Wildman–Crippen LogP) is 0.669. The van der Waals surface area contributed by atoms with Crippen LogP contribution in [0, 0.1) is 0 Å². The van der Waals surface area contributed by atoms with E-state index < -0.39 is 11.8 Å². The number of hydrogen-bond donors (Lipinski definition) is 2. The largest absolute Gasteiger partial charge is 0.383 e. The highest BCUT2D eigenvalue weighted by Gasteiger charge is 2.14. The van der Waals surface area contributed by atoms with Gasteiger partial charge in [0.1, 0.15) is 0 Å². The highest BCUT2D eigenvalue weighted by molar-refractivity contribution is 6.35. The van der Waals surface area contributed by atoms with Gasteiger partial charge in [0.2, 0.25) is 0 Å². The van der Waals surface area contributed by atoms with Crippen LogP contribution >= 0.6 is 0 Å². The molecule has 1 atom stereocenters. The molecule has 5 heteroatoms. The average molecular weight is 264 g/mol. The van der Waals surface area contributed by atoms with Crippen molar-refractivity contribution in [2.75, 3.05) is 26.8 Å². The van der Waals surface area contributed by atoms with Crippen molar-refractivity contribution in [2.24, 2.45) is 0 Å². The molecule has 0 aromatic heterocycles. The minimum absolute atomic E-state index is 0.164. The van der Waals surface area contributed by atoms with E-state index in [2.05, 4.69) is 10.6 Å². The second-order valence-electron chi connectivity index (χ2n) is 4.27. The van der Waals surface area contributed by atoms with E-state index in [0.29, 0.717) is 19.7 Å². The Balaban J connectivity index is 2.31. The molecule has 0 heterocycles. The maximum atomic E-state index is 11.5. The van der Waals surface area contributed by atoms with Gasteiger partial charge in [0.25, 0.3) is 0 Å². The van der Waals surface area contributed by atoms with Gasteiger partial charge in [-0.2, -0.15) is 0 Å². The molecule has 0 fully saturated rings. The van der Waals surface area contributed by atoms with Gasteiger partial charge >= 0.3 is 11.8 Å². The molecule has 1 aromatic rings. The number of methoxy groups -OCH3 is 1. The summed E-state index contributed by atoms with van der Waals surface area (Å²) in [5, 5.41) is 5.09. The van der Waals surface area contributed by atoms with E-state index in [9.17, 15) is 9.59 Å². The first-order valence-electron chi connectivity index (χ1n) is 6.25. The maximum absolute atomic E-state index is 11.5. The number of nitrogens with one attached hydrogen (secondary N) is 2. The van der Waals surface area contributed by atoms with Crippen LogP contribution in [0.4, 0.5) is 0 Å². The summed E-state index contributed by atoms with van der Waals surface area (Å²) < 4.78 is 4.78. The van der Waals surface area contributed by atoms with Gasteiger partial charge in [-0.1, -0.05) is 37.3 Å². The van der Waals surface area contributed by atoms with Crippen molar-refractivity contribution in [1.29, 1.82) is 0 Å². The number of carbonyl (C=O) groups is 2. The maximum Gasteiger partial charge on any atom is 0.309 e. The van der Waals surface area contributed by atoms with Crippen LogP contribution in [-0.2, 0) is 14.3 Å². The first-order valence-corrected chi connectivity index (χ1v) is 6.25. The number of rotatable bonds is 6. The quantitative estimate of drug-likeness (QED) is 0.586. The Labute approximate surface area is 113 Å². The van der Waals surface area contributed by atoms with Crippen molar-refractivity contribution >= 4 is 11.8 Å². The van der Waals surface area contributed by atoms with Gasteiger partial charge in [-0.15, -0.1) is 0 Å². The third-order valence-corrected chi connectivity index (χ3v) is 2.74. The van der Waals surface area contributed by atoms with Gasteiger partial charge < -0.3 is 15.4 Å². The zero-order valence-electron chi connectivity index (χ0n) is 11.3. The van der Waals surface area contributed by atoms with Crippen LogP contribution in [-0.4, -0.2) is 38.6 Å². The van der Waals surface area contributed by atoms with Gasteiger partial charge in [0.15, 0.2) is 0 Å². The Morgan fingerprint density at radius 1 is 1.16 bits per heavy atom. The molecule has 0 aliphatic carbocycles. The first-order chi connectivity index (χ1) is 9.15. The number of ether oxygens (including phenoxy) is 1. The molecule has 0 saturated carbocycles. The van der Waals surface area contributed by atoms with Crippen LogP contribution in [0.15, 0.2) is 30.3 Å². The SMILES string of the molecule is COCCNC(=O)C(=O)NC[C@H](C)c1ccccc1. The zero-order chi connectivity index (χ0) is 14.1. The van der Waals surface area contributed by atoms with E-state index in [1.165, 1.54) is 7.11 Å². The highest BCUT2D eigenvalue weighted by Crippen LogP contribution is 2.12. The van der Waals surface area contributed by atoms with Crippen molar-refractivity contribution in [3.05, 3.63) is 35.9 Å². The third-order valence-electron chi connectivity index (χ3n) is 2.74. The molecule has 0 aliphatic rings. The molecule has 0 aliphatic heterocycles. The first kappa shape index (κ1) is 15.2. The summed E-state index contributed by atoms with van der Waals surface area (Å²) in [6.07, 6.45) is 0. The number of benzene rings is 1. The van der Waals surface area contributed by atoms with Crippen molar-refractivity contribution < 1.29 is 14.3 Å². The Kier molecular flexibility index (Phi) is 6.60. The Bertz CT molecular complexity index is 406. The van der Waals surface area contributed by atoms with E-state index in [1.54, 1.807) is 0 Å². The van der Waals surface area contributed by atoms with Gasteiger partial charge in [-0.3, -0.25) is 9.59 Å². The fourth-order valence-electron chi connectivity index (χ4n) is 1.57. The monoisotopic (exact) mass is 264 g/mol. The summed E-state index contributed by atoms with van der Waals surface area (Å²) >= 11 is 0. The summed E-state index contributed by atoms with van der Waals surface area (Å²) in [5.74, 6) is -1.08. The van der Waals surface area contributed by atoms with Crippen molar-refractivity contribution in [3.8, 4) is 0 Å². The van der Waals surface area contributed by atoms with Gasteiger partial charge in [-0.05, 0) is 11.5 Å². The molecule has 0 spiro atoms. The zero-order valence-corrected chi connectivity index (χ0v) is 11.3. The molecule has 2 N–H and O–H groups in total. The van der Waals surface area contributed by atoms with Crippen molar-refractivity contribution in [3.63, 3.8) is 0 Å². The smallest absolute Gasteiger partial charge is 0.309 e. The van der Waals surface area contributed by atoms with E-state index in [1.807, 2.05) is 37.3 Å². The van der Waals surface area contributed by atoms with Crippen LogP contribution in [0.3, 0.4) is 0 Å². The standard InChI is InChI=1S/C14H20N2O3/c1-11(12-6-4-3-5-7-12)10-16-14(18)13(17)15-8-9-19-2/h3-7,11H,8-10H2,1-2H3,(H,15,17)(H,16,18)/t11-/m0/s1. The van der Waals surface area contributed by atoms with Crippen LogP contribution in [0.1, 0.15) is 18.4 Å². The minimum atomic E-state index is -0.627. The summed E-state index contributed by atoms with van der Waals surface area (Å²) in [6, 6.07) is 9.83.